The second-order valence-corrected chi connectivity index (χ2v) is 11.5. The van der Waals surface area contributed by atoms with Gasteiger partial charge in [-0.25, -0.2) is 0 Å². The molecule has 2 fully saturated rings. The van der Waals surface area contributed by atoms with Crippen LogP contribution < -0.4 is 15.4 Å². The van der Waals surface area contributed by atoms with E-state index in [4.69, 9.17) is 4.74 Å². The van der Waals surface area contributed by atoms with Gasteiger partial charge in [-0.15, -0.1) is 0 Å². The highest BCUT2D eigenvalue weighted by atomic mass is 16.5. The van der Waals surface area contributed by atoms with Gasteiger partial charge in [0.1, 0.15) is 6.10 Å². The molecule has 2 amide bonds. The third kappa shape index (κ3) is 7.03. The minimum absolute atomic E-state index is 0.0207. The predicted octanol–water partition coefficient (Wildman–Crippen LogP) is 3.36. The van der Waals surface area contributed by atoms with Crippen molar-refractivity contribution in [1.82, 2.24) is 15.1 Å². The Hall–Kier alpha value is -2.16. The van der Waals surface area contributed by atoms with Crippen LogP contribution in [0.4, 0.5) is 5.69 Å². The van der Waals surface area contributed by atoms with Crippen molar-refractivity contribution < 1.29 is 19.4 Å². The lowest BCUT2D eigenvalue weighted by Crippen LogP contribution is -2.50. The Balaban J connectivity index is 1.60. The summed E-state index contributed by atoms with van der Waals surface area (Å²) in [6, 6.07) is 5.09. The average molecular weight is 515 g/mol. The monoisotopic (exact) mass is 514 g/mol. The van der Waals surface area contributed by atoms with Gasteiger partial charge < -0.3 is 30.3 Å². The summed E-state index contributed by atoms with van der Waals surface area (Å²) in [5, 5.41) is 16.3. The molecule has 1 aromatic carbocycles. The van der Waals surface area contributed by atoms with Gasteiger partial charge in [0.2, 0.25) is 5.91 Å². The van der Waals surface area contributed by atoms with Gasteiger partial charge in [-0.05, 0) is 70.8 Å². The van der Waals surface area contributed by atoms with Crippen LogP contribution in [0, 0.1) is 17.8 Å². The van der Waals surface area contributed by atoms with Crippen molar-refractivity contribution in [3.05, 3.63) is 23.8 Å². The molecule has 1 saturated carbocycles. The van der Waals surface area contributed by atoms with E-state index in [-0.39, 0.29) is 42.4 Å². The normalized spacial score (nSPS) is 24.7. The second kappa shape index (κ2) is 13.1. The number of fused-ring (bicyclic) bond motifs is 1. The molecule has 8 heteroatoms. The Kier molecular flexibility index (Phi) is 9.84. The van der Waals surface area contributed by atoms with Crippen LogP contribution in [-0.2, 0) is 4.79 Å². The number of hydrogen-bond acceptors (Lipinski definition) is 6. The van der Waals surface area contributed by atoms with Gasteiger partial charge in [-0.1, -0.05) is 32.3 Å². The Morgan fingerprint density at radius 3 is 2.62 bits per heavy atom. The van der Waals surface area contributed by atoms with E-state index in [9.17, 15) is 14.7 Å². The number of nitrogens with zero attached hydrogens (tertiary/aromatic N) is 2. The first-order valence-electron chi connectivity index (χ1n) is 14.3. The first kappa shape index (κ1) is 27.9. The second-order valence-electron chi connectivity index (χ2n) is 11.5. The van der Waals surface area contributed by atoms with Gasteiger partial charge in [0.05, 0.1) is 23.9 Å². The van der Waals surface area contributed by atoms with E-state index >= 15 is 0 Å². The third-order valence-corrected chi connectivity index (χ3v) is 8.45. The minimum Gasteiger partial charge on any atom is -0.486 e. The van der Waals surface area contributed by atoms with E-state index in [2.05, 4.69) is 29.5 Å². The van der Waals surface area contributed by atoms with E-state index in [1.165, 1.54) is 32.1 Å². The molecular weight excluding hydrogens is 468 g/mol. The quantitative estimate of drug-likeness (QED) is 0.493. The van der Waals surface area contributed by atoms with Crippen LogP contribution in [-0.4, -0.2) is 85.2 Å². The number of amides is 2. The van der Waals surface area contributed by atoms with Crippen LogP contribution in [0.2, 0.25) is 0 Å². The summed E-state index contributed by atoms with van der Waals surface area (Å²) >= 11 is 0. The number of piperidine rings is 1. The van der Waals surface area contributed by atoms with Gasteiger partial charge in [0.25, 0.3) is 5.91 Å². The summed E-state index contributed by atoms with van der Waals surface area (Å²) in [5.74, 6) is 0.981. The van der Waals surface area contributed by atoms with Crippen LogP contribution >= 0.6 is 0 Å². The highest BCUT2D eigenvalue weighted by Gasteiger charge is 2.35. The first-order valence-corrected chi connectivity index (χ1v) is 14.3. The molecule has 37 heavy (non-hydrogen) atoms. The summed E-state index contributed by atoms with van der Waals surface area (Å²) in [6.45, 7) is 7.85. The molecule has 2 heterocycles. The van der Waals surface area contributed by atoms with Crippen LogP contribution in [0.25, 0.3) is 0 Å². The summed E-state index contributed by atoms with van der Waals surface area (Å²) in [4.78, 5) is 30.9. The minimum atomic E-state index is -0.311. The molecule has 8 nitrogen and oxygen atoms in total. The van der Waals surface area contributed by atoms with Gasteiger partial charge >= 0.3 is 0 Å². The lowest BCUT2D eigenvalue weighted by atomic mass is 9.89. The number of hydrogen-bond donors (Lipinski definition) is 3. The molecule has 1 saturated heterocycles. The summed E-state index contributed by atoms with van der Waals surface area (Å²) in [5.41, 5.74) is 0.996. The number of aliphatic hydroxyl groups is 1. The van der Waals surface area contributed by atoms with Gasteiger partial charge in [-0.3, -0.25) is 9.59 Å². The Labute approximate surface area is 222 Å². The van der Waals surface area contributed by atoms with Crippen molar-refractivity contribution in [2.45, 2.75) is 70.9 Å². The SMILES string of the molecule is CC1CN(C(C)CO)C(=O)c2cccc(NC(=O)C3CCNCC3)c2OC1CN(C)CC1CCCCC1. The molecule has 1 aromatic rings. The zero-order valence-corrected chi connectivity index (χ0v) is 22.9. The number of para-hydroxylation sites is 1. The largest absolute Gasteiger partial charge is 0.486 e. The molecule has 3 aliphatic rings. The Morgan fingerprint density at radius 2 is 1.92 bits per heavy atom. The molecule has 0 spiro atoms. The molecule has 2 aliphatic heterocycles. The van der Waals surface area contributed by atoms with Gasteiger partial charge in [0.15, 0.2) is 5.75 Å². The van der Waals surface area contributed by atoms with Crippen LogP contribution in [0.3, 0.4) is 0 Å². The van der Waals surface area contributed by atoms with Gasteiger partial charge in [0, 0.05) is 31.5 Å². The predicted molar refractivity (Wildman–Crippen MR) is 146 cm³/mol. The number of ether oxygens (including phenoxy) is 1. The number of aliphatic hydroxyl groups excluding tert-OH is 1. The molecule has 0 bridgehead atoms. The maximum absolute atomic E-state index is 13.7. The van der Waals surface area contributed by atoms with Crippen molar-refractivity contribution in [1.29, 1.82) is 0 Å². The molecule has 3 atom stereocenters. The number of rotatable bonds is 8. The van der Waals surface area contributed by atoms with Crippen molar-refractivity contribution in [2.24, 2.45) is 17.8 Å². The van der Waals surface area contributed by atoms with Crippen molar-refractivity contribution in [3.8, 4) is 5.75 Å². The molecule has 206 valence electrons. The van der Waals surface area contributed by atoms with Gasteiger partial charge in [-0.2, -0.15) is 0 Å². The number of carbonyl (C=O) groups excluding carboxylic acids is 2. The van der Waals surface area contributed by atoms with Crippen molar-refractivity contribution in [3.63, 3.8) is 0 Å². The van der Waals surface area contributed by atoms with E-state index < -0.39 is 0 Å². The zero-order chi connectivity index (χ0) is 26.4. The third-order valence-electron chi connectivity index (χ3n) is 8.45. The number of likely N-dealkylation sites (N-methyl/N-ethyl adjacent to an activating group) is 1. The highest BCUT2D eigenvalue weighted by Crippen LogP contribution is 2.35. The first-order chi connectivity index (χ1) is 17.9. The summed E-state index contributed by atoms with van der Waals surface area (Å²) in [7, 11) is 2.16. The number of carbonyl (C=O) groups is 2. The average Bonchev–Trinajstić information content (AvgIpc) is 2.91. The molecule has 1 aliphatic carbocycles. The highest BCUT2D eigenvalue weighted by molar-refractivity contribution is 6.02. The number of benzene rings is 1. The topological polar surface area (TPSA) is 94.1 Å². The molecule has 0 radical (unpaired) electrons. The smallest absolute Gasteiger partial charge is 0.258 e. The molecule has 3 unspecified atom stereocenters. The van der Waals surface area contributed by atoms with Crippen LogP contribution in [0.1, 0.15) is 69.2 Å². The maximum Gasteiger partial charge on any atom is 0.258 e. The molecule has 3 N–H and O–H groups in total. The standard InChI is InChI=1S/C29H46N4O4/c1-20-16-33(21(2)19-34)29(36)24-10-7-11-25(31-28(35)23-12-14-30-15-13-23)27(24)37-26(20)18-32(3)17-22-8-5-4-6-9-22/h7,10-11,20-23,26,30,34H,4-6,8-9,12-19H2,1-3H3,(H,31,35). The van der Waals surface area contributed by atoms with Crippen molar-refractivity contribution in [2.75, 3.05) is 51.7 Å². The molecule has 4 rings (SSSR count). The number of anilines is 1. The molecule has 0 aromatic heterocycles. The summed E-state index contributed by atoms with van der Waals surface area (Å²) < 4.78 is 6.68. The Morgan fingerprint density at radius 1 is 1.19 bits per heavy atom. The van der Waals surface area contributed by atoms with E-state index in [1.807, 2.05) is 13.0 Å². The number of nitrogens with one attached hydrogen (secondary N) is 2. The lowest BCUT2D eigenvalue weighted by molar-refractivity contribution is -0.120. The van der Waals surface area contributed by atoms with E-state index in [0.29, 0.717) is 23.5 Å². The molecular formula is C29H46N4O4. The van der Waals surface area contributed by atoms with E-state index in [1.54, 1.807) is 17.0 Å². The zero-order valence-electron chi connectivity index (χ0n) is 22.9. The van der Waals surface area contributed by atoms with Crippen LogP contribution in [0.15, 0.2) is 18.2 Å². The Bertz CT molecular complexity index is 913. The fraction of sp³-hybridized carbons (Fsp3) is 0.724. The van der Waals surface area contributed by atoms with Crippen LogP contribution in [0.5, 0.6) is 5.75 Å². The fourth-order valence-electron chi connectivity index (χ4n) is 6.07. The maximum atomic E-state index is 13.7. The van der Waals surface area contributed by atoms with E-state index in [0.717, 1.165) is 44.9 Å². The summed E-state index contributed by atoms with van der Waals surface area (Å²) in [6.07, 6.45) is 8.00. The fourth-order valence-corrected chi connectivity index (χ4v) is 6.07. The van der Waals surface area contributed by atoms with Crippen molar-refractivity contribution >= 4 is 17.5 Å². The lowest BCUT2D eigenvalue weighted by Gasteiger charge is -2.39.